The van der Waals surface area contributed by atoms with E-state index in [0.717, 1.165) is 16.7 Å². The molecule has 1 N–H and O–H groups in total. The van der Waals surface area contributed by atoms with Crippen LogP contribution in [0.1, 0.15) is 42.3 Å². The molecule has 0 saturated carbocycles. The molecule has 0 bridgehead atoms. The number of benzene rings is 2. The van der Waals surface area contributed by atoms with Gasteiger partial charge in [-0.05, 0) is 74.0 Å². The van der Waals surface area contributed by atoms with Gasteiger partial charge < -0.3 is 14.6 Å². The van der Waals surface area contributed by atoms with Gasteiger partial charge in [0, 0.05) is 0 Å². The smallest absolute Gasteiger partial charge is 0.335 e. The van der Waals surface area contributed by atoms with E-state index >= 15 is 0 Å². The van der Waals surface area contributed by atoms with Crippen molar-refractivity contribution in [2.75, 3.05) is 6.54 Å². The summed E-state index contributed by atoms with van der Waals surface area (Å²) in [5.41, 5.74) is 0.656. The summed E-state index contributed by atoms with van der Waals surface area (Å²) in [6.45, 7) is 4.74. The quantitative estimate of drug-likeness (QED) is 0.415. The molecular weight excluding hydrogens is 482 g/mol. The lowest BCUT2D eigenvalue weighted by Gasteiger charge is -2.21. The number of ether oxygens (including phenoxy) is 2. The molecule has 0 aromatic heterocycles. The van der Waals surface area contributed by atoms with Crippen molar-refractivity contribution < 1.29 is 33.8 Å². The van der Waals surface area contributed by atoms with Crippen LogP contribution < -0.4 is 4.74 Å². The predicted molar refractivity (Wildman–Crippen MR) is 128 cm³/mol. The van der Waals surface area contributed by atoms with Crippen molar-refractivity contribution >= 4 is 52.5 Å². The number of carbonyl (C=O) groups is 4. The number of hydrogen-bond donors (Lipinski definition) is 1. The Bertz CT molecular complexity index is 1190. The number of esters is 1. The molecule has 1 aliphatic rings. The lowest BCUT2D eigenvalue weighted by Crippen LogP contribution is -2.37. The Hall–Kier alpha value is -3.30. The number of carboxylic acids is 1. The highest BCUT2D eigenvalue weighted by atomic mass is 35.5. The molecule has 10 heteroatoms. The van der Waals surface area contributed by atoms with Gasteiger partial charge in [0.1, 0.15) is 24.5 Å². The van der Waals surface area contributed by atoms with Crippen molar-refractivity contribution in [1.29, 1.82) is 0 Å². The zero-order chi connectivity index (χ0) is 25.0. The monoisotopic (exact) mass is 503 g/mol. The molecule has 2 amide bonds. The van der Waals surface area contributed by atoms with E-state index in [1.807, 2.05) is 0 Å². The molecule has 2 aromatic carbocycles. The van der Waals surface area contributed by atoms with Gasteiger partial charge in [-0.25, -0.2) is 4.79 Å². The molecule has 0 radical (unpaired) electrons. The second-order valence-corrected chi connectivity index (χ2v) is 9.74. The zero-order valence-electron chi connectivity index (χ0n) is 18.7. The Kier molecular flexibility index (Phi) is 7.68. The molecule has 178 valence electrons. The molecule has 3 rings (SSSR count). The molecule has 1 aliphatic heterocycles. The van der Waals surface area contributed by atoms with Crippen molar-refractivity contribution in [3.8, 4) is 5.75 Å². The molecule has 0 spiro atoms. The zero-order valence-corrected chi connectivity index (χ0v) is 20.2. The van der Waals surface area contributed by atoms with Gasteiger partial charge in [0.15, 0.2) is 0 Å². The average molecular weight is 504 g/mol. The third-order valence-electron chi connectivity index (χ3n) is 4.40. The third kappa shape index (κ3) is 6.61. The predicted octanol–water partition coefficient (Wildman–Crippen LogP) is 5.00. The summed E-state index contributed by atoms with van der Waals surface area (Å²) >= 11 is 7.03. The maximum atomic E-state index is 12.6. The van der Waals surface area contributed by atoms with Gasteiger partial charge in [0.2, 0.25) is 0 Å². The van der Waals surface area contributed by atoms with E-state index in [2.05, 4.69) is 0 Å². The number of thioether (sulfide) groups is 1. The van der Waals surface area contributed by atoms with Gasteiger partial charge in [-0.2, -0.15) is 0 Å². The van der Waals surface area contributed by atoms with Gasteiger partial charge in [-0.1, -0.05) is 29.8 Å². The second kappa shape index (κ2) is 10.3. The minimum Gasteiger partial charge on any atom is -0.487 e. The lowest BCUT2D eigenvalue weighted by atomic mass is 10.1. The first-order valence-corrected chi connectivity index (χ1v) is 11.3. The first kappa shape index (κ1) is 25.3. The van der Waals surface area contributed by atoms with Crippen LogP contribution in [0, 0.1) is 0 Å². The molecule has 1 heterocycles. The Morgan fingerprint density at radius 2 is 1.88 bits per heavy atom. The van der Waals surface area contributed by atoms with Crippen LogP contribution in [0.2, 0.25) is 5.02 Å². The van der Waals surface area contributed by atoms with E-state index in [0.29, 0.717) is 16.9 Å². The van der Waals surface area contributed by atoms with E-state index in [1.165, 1.54) is 18.2 Å². The third-order valence-corrected chi connectivity index (χ3v) is 5.61. The fourth-order valence-corrected chi connectivity index (χ4v) is 4.05. The van der Waals surface area contributed by atoms with Crippen LogP contribution in [-0.2, 0) is 20.9 Å². The highest BCUT2D eigenvalue weighted by molar-refractivity contribution is 8.18. The van der Waals surface area contributed by atoms with E-state index in [4.69, 9.17) is 26.2 Å². The number of carbonyl (C=O) groups excluding carboxylic acids is 3. The summed E-state index contributed by atoms with van der Waals surface area (Å²) < 4.78 is 10.9. The highest BCUT2D eigenvalue weighted by Gasteiger charge is 2.37. The first-order chi connectivity index (χ1) is 15.9. The van der Waals surface area contributed by atoms with Crippen molar-refractivity contribution in [2.45, 2.75) is 33.0 Å². The fourth-order valence-electron chi connectivity index (χ4n) is 2.97. The summed E-state index contributed by atoms with van der Waals surface area (Å²) in [7, 11) is 0. The van der Waals surface area contributed by atoms with Crippen molar-refractivity contribution in [3.63, 3.8) is 0 Å². The molecule has 34 heavy (non-hydrogen) atoms. The lowest BCUT2D eigenvalue weighted by molar-refractivity contribution is -0.156. The first-order valence-electron chi connectivity index (χ1n) is 10.1. The van der Waals surface area contributed by atoms with Gasteiger partial charge in [-0.15, -0.1) is 0 Å². The molecule has 1 saturated heterocycles. The van der Waals surface area contributed by atoms with Crippen LogP contribution in [0.5, 0.6) is 5.75 Å². The largest absolute Gasteiger partial charge is 0.487 e. The van der Waals surface area contributed by atoms with Crippen LogP contribution in [0.4, 0.5) is 4.79 Å². The average Bonchev–Trinajstić information content (AvgIpc) is 2.99. The number of hydrogen-bond acceptors (Lipinski definition) is 7. The number of nitrogens with zero attached hydrogens (tertiary/aromatic N) is 1. The Labute approximate surface area is 205 Å². The molecule has 0 unspecified atom stereocenters. The Balaban J connectivity index is 1.67. The normalized spacial score (nSPS) is 15.1. The van der Waals surface area contributed by atoms with Crippen LogP contribution in [0.3, 0.4) is 0 Å². The summed E-state index contributed by atoms with van der Waals surface area (Å²) in [4.78, 5) is 48.9. The van der Waals surface area contributed by atoms with Gasteiger partial charge >= 0.3 is 11.9 Å². The van der Waals surface area contributed by atoms with Crippen molar-refractivity contribution in [1.82, 2.24) is 4.90 Å². The Morgan fingerprint density at radius 1 is 1.15 bits per heavy atom. The number of imide groups is 1. The van der Waals surface area contributed by atoms with Crippen molar-refractivity contribution in [3.05, 3.63) is 69.1 Å². The fraction of sp³-hybridized carbons (Fsp3) is 0.250. The summed E-state index contributed by atoms with van der Waals surface area (Å²) in [5, 5.41) is 8.80. The SMILES string of the molecule is CC(C)(C)OC(=O)CN1C(=O)SC(=Cc2ccc(OCc3cccc(C(=O)O)c3)c(Cl)c2)C1=O. The van der Waals surface area contributed by atoms with Gasteiger partial charge in [0.05, 0.1) is 15.5 Å². The van der Waals surface area contributed by atoms with Gasteiger partial charge in [0.25, 0.3) is 11.1 Å². The minimum absolute atomic E-state index is 0.115. The second-order valence-electron chi connectivity index (χ2n) is 8.34. The number of aromatic carboxylic acids is 1. The Morgan fingerprint density at radius 3 is 2.53 bits per heavy atom. The van der Waals surface area contributed by atoms with Crippen LogP contribution in [-0.4, -0.2) is 45.2 Å². The summed E-state index contributed by atoms with van der Waals surface area (Å²) in [6.07, 6.45) is 1.51. The number of halogens is 1. The van der Waals surface area contributed by atoms with Crippen molar-refractivity contribution in [2.24, 2.45) is 0 Å². The molecule has 0 atom stereocenters. The molecule has 1 fully saturated rings. The van der Waals surface area contributed by atoms with Crippen LogP contribution in [0.25, 0.3) is 6.08 Å². The van der Waals surface area contributed by atoms with E-state index in [-0.39, 0.29) is 22.1 Å². The van der Waals surface area contributed by atoms with E-state index in [1.54, 1.807) is 51.1 Å². The van der Waals surface area contributed by atoms with Crippen LogP contribution >= 0.6 is 23.4 Å². The van der Waals surface area contributed by atoms with E-state index < -0.39 is 35.2 Å². The molecule has 8 nitrogen and oxygen atoms in total. The minimum atomic E-state index is -1.03. The summed E-state index contributed by atoms with van der Waals surface area (Å²) in [5.74, 6) is -1.91. The number of amides is 2. The van der Waals surface area contributed by atoms with E-state index in [9.17, 15) is 19.2 Å². The van der Waals surface area contributed by atoms with Crippen LogP contribution in [0.15, 0.2) is 47.4 Å². The molecule has 2 aromatic rings. The van der Waals surface area contributed by atoms with Gasteiger partial charge in [-0.3, -0.25) is 19.3 Å². The number of rotatable bonds is 7. The number of carboxylic acid groups (broad SMARTS) is 1. The standard InChI is InChI=1S/C24H22ClNO7S/c1-24(2,3)33-20(27)12-26-21(28)19(34-23(26)31)11-14-7-8-18(17(25)10-14)32-13-15-5-4-6-16(9-15)22(29)30/h4-11H,12-13H2,1-3H3,(H,29,30). The molecule has 0 aliphatic carbocycles. The molecular formula is C24H22ClNO7S. The maximum Gasteiger partial charge on any atom is 0.335 e. The highest BCUT2D eigenvalue weighted by Crippen LogP contribution is 2.34. The maximum absolute atomic E-state index is 12.6. The topological polar surface area (TPSA) is 110 Å². The summed E-state index contributed by atoms with van der Waals surface area (Å²) in [6, 6.07) is 11.2.